The SMILES string of the molecule is C#CC(C)N1CCNC(CC)(CC)C1. The molecule has 0 amide bonds. The quantitative estimate of drug-likeness (QED) is 0.685. The molecule has 0 radical (unpaired) electrons. The van der Waals surface area contributed by atoms with Gasteiger partial charge >= 0.3 is 0 Å². The predicted octanol–water partition coefficient (Wildman–Crippen LogP) is 1.47. The standard InChI is InChI=1S/C12H22N2/c1-5-11(4)14-9-8-13-12(6-2,7-3)10-14/h1,11,13H,6-10H2,2-4H3. The highest BCUT2D eigenvalue weighted by atomic mass is 15.2. The Morgan fingerprint density at radius 2 is 2.14 bits per heavy atom. The van der Waals surface area contributed by atoms with Crippen LogP contribution in [0.4, 0.5) is 0 Å². The van der Waals surface area contributed by atoms with Crippen LogP contribution in [-0.2, 0) is 0 Å². The number of hydrogen-bond acceptors (Lipinski definition) is 2. The lowest BCUT2D eigenvalue weighted by Crippen LogP contribution is -2.61. The zero-order chi connectivity index (χ0) is 10.6. The zero-order valence-electron chi connectivity index (χ0n) is 9.64. The maximum atomic E-state index is 5.46. The number of nitrogens with one attached hydrogen (secondary N) is 1. The number of rotatable bonds is 3. The molecule has 0 saturated carbocycles. The Morgan fingerprint density at radius 1 is 1.50 bits per heavy atom. The largest absolute Gasteiger partial charge is 0.309 e. The van der Waals surface area contributed by atoms with Crippen molar-refractivity contribution in [3.8, 4) is 12.3 Å². The lowest BCUT2D eigenvalue weighted by molar-refractivity contribution is 0.110. The van der Waals surface area contributed by atoms with Crippen LogP contribution in [-0.4, -0.2) is 36.1 Å². The summed E-state index contributed by atoms with van der Waals surface area (Å²) in [5, 5.41) is 3.63. The third-order valence-electron chi connectivity index (χ3n) is 3.55. The van der Waals surface area contributed by atoms with Gasteiger partial charge in [0, 0.05) is 25.2 Å². The maximum Gasteiger partial charge on any atom is 0.0684 e. The summed E-state index contributed by atoms with van der Waals surface area (Å²) in [4.78, 5) is 2.41. The second-order valence-corrected chi connectivity index (χ2v) is 4.23. The van der Waals surface area contributed by atoms with Gasteiger partial charge in [0.2, 0.25) is 0 Å². The molecule has 1 atom stereocenters. The smallest absolute Gasteiger partial charge is 0.0684 e. The summed E-state index contributed by atoms with van der Waals surface area (Å²) >= 11 is 0. The minimum atomic E-state index is 0.273. The molecule has 1 aliphatic rings. The zero-order valence-corrected chi connectivity index (χ0v) is 9.64. The topological polar surface area (TPSA) is 15.3 Å². The van der Waals surface area contributed by atoms with E-state index in [2.05, 4.69) is 36.9 Å². The van der Waals surface area contributed by atoms with Gasteiger partial charge in [-0.3, -0.25) is 4.90 Å². The van der Waals surface area contributed by atoms with E-state index in [1.807, 2.05) is 0 Å². The van der Waals surface area contributed by atoms with E-state index in [-0.39, 0.29) is 6.04 Å². The van der Waals surface area contributed by atoms with Crippen LogP contribution in [0.15, 0.2) is 0 Å². The summed E-state index contributed by atoms with van der Waals surface area (Å²) in [7, 11) is 0. The average Bonchev–Trinajstić information content (AvgIpc) is 2.28. The average molecular weight is 194 g/mol. The molecule has 1 unspecified atom stereocenters. The molecule has 80 valence electrons. The summed E-state index contributed by atoms with van der Waals surface area (Å²) in [5.41, 5.74) is 0.295. The van der Waals surface area contributed by atoms with Crippen molar-refractivity contribution in [1.82, 2.24) is 10.2 Å². The molecule has 14 heavy (non-hydrogen) atoms. The van der Waals surface area contributed by atoms with Crippen LogP contribution in [0, 0.1) is 12.3 Å². The first-order valence-corrected chi connectivity index (χ1v) is 5.62. The first-order chi connectivity index (χ1) is 6.67. The fourth-order valence-electron chi connectivity index (χ4n) is 2.15. The molecule has 1 fully saturated rings. The van der Waals surface area contributed by atoms with Crippen molar-refractivity contribution >= 4 is 0 Å². The van der Waals surface area contributed by atoms with Crippen LogP contribution in [0.1, 0.15) is 33.6 Å². The van der Waals surface area contributed by atoms with E-state index in [1.54, 1.807) is 0 Å². The lowest BCUT2D eigenvalue weighted by atomic mass is 9.89. The van der Waals surface area contributed by atoms with Gasteiger partial charge in [0.15, 0.2) is 0 Å². The number of nitrogens with zero attached hydrogens (tertiary/aromatic N) is 1. The van der Waals surface area contributed by atoms with Crippen LogP contribution >= 0.6 is 0 Å². The fourth-order valence-corrected chi connectivity index (χ4v) is 2.15. The molecule has 1 heterocycles. The third-order valence-corrected chi connectivity index (χ3v) is 3.55. The molecule has 0 aromatic rings. The van der Waals surface area contributed by atoms with Crippen molar-refractivity contribution < 1.29 is 0 Å². The molecule has 1 aliphatic heterocycles. The minimum Gasteiger partial charge on any atom is -0.309 e. The molecule has 1 saturated heterocycles. The van der Waals surface area contributed by atoms with E-state index in [0.717, 1.165) is 19.6 Å². The van der Waals surface area contributed by atoms with E-state index in [1.165, 1.54) is 12.8 Å². The molecule has 0 aromatic heterocycles. The second kappa shape index (κ2) is 4.82. The van der Waals surface area contributed by atoms with E-state index in [0.29, 0.717) is 5.54 Å². The van der Waals surface area contributed by atoms with Crippen molar-refractivity contribution in [1.29, 1.82) is 0 Å². The maximum absolute atomic E-state index is 5.46. The third kappa shape index (κ3) is 2.29. The Labute approximate surface area is 88.1 Å². The van der Waals surface area contributed by atoms with Crippen LogP contribution in [0.3, 0.4) is 0 Å². The Balaban J connectivity index is 2.64. The molecule has 0 aromatic carbocycles. The normalized spacial score (nSPS) is 24.1. The van der Waals surface area contributed by atoms with Crippen molar-refractivity contribution in [2.45, 2.75) is 45.2 Å². The number of piperazine rings is 1. The molecule has 0 aliphatic carbocycles. The number of hydrogen-bond donors (Lipinski definition) is 1. The molecule has 2 heteroatoms. The van der Waals surface area contributed by atoms with Crippen LogP contribution in [0.2, 0.25) is 0 Å². The van der Waals surface area contributed by atoms with E-state index >= 15 is 0 Å². The summed E-state index contributed by atoms with van der Waals surface area (Å²) in [5.74, 6) is 2.82. The molecule has 1 rings (SSSR count). The highest BCUT2D eigenvalue weighted by molar-refractivity contribution is 5.02. The fraction of sp³-hybridized carbons (Fsp3) is 0.833. The molecular weight excluding hydrogens is 172 g/mol. The van der Waals surface area contributed by atoms with Crippen molar-refractivity contribution in [3.05, 3.63) is 0 Å². The first-order valence-electron chi connectivity index (χ1n) is 5.62. The molecular formula is C12H22N2. The van der Waals surface area contributed by atoms with Gasteiger partial charge in [0.25, 0.3) is 0 Å². The molecule has 1 N–H and O–H groups in total. The van der Waals surface area contributed by atoms with Gasteiger partial charge in [0.1, 0.15) is 0 Å². The second-order valence-electron chi connectivity index (χ2n) is 4.23. The predicted molar refractivity (Wildman–Crippen MR) is 61.2 cm³/mol. The van der Waals surface area contributed by atoms with Gasteiger partial charge in [0.05, 0.1) is 6.04 Å². The van der Waals surface area contributed by atoms with Crippen molar-refractivity contribution in [3.63, 3.8) is 0 Å². The molecule has 0 spiro atoms. The summed E-state index contributed by atoms with van der Waals surface area (Å²) in [6, 6.07) is 0.273. The number of terminal acetylenes is 1. The Bertz CT molecular complexity index is 213. The van der Waals surface area contributed by atoms with Gasteiger partial charge in [-0.05, 0) is 19.8 Å². The molecule has 2 nitrogen and oxygen atoms in total. The van der Waals surface area contributed by atoms with Crippen LogP contribution in [0.25, 0.3) is 0 Å². The summed E-state index contributed by atoms with van der Waals surface area (Å²) in [6.45, 7) is 9.84. The van der Waals surface area contributed by atoms with E-state index in [9.17, 15) is 0 Å². The van der Waals surface area contributed by atoms with E-state index < -0.39 is 0 Å². The Morgan fingerprint density at radius 3 is 2.64 bits per heavy atom. The monoisotopic (exact) mass is 194 g/mol. The highest BCUT2D eigenvalue weighted by Gasteiger charge is 2.32. The minimum absolute atomic E-state index is 0.273. The first kappa shape index (κ1) is 11.6. The molecule has 0 bridgehead atoms. The van der Waals surface area contributed by atoms with Gasteiger partial charge < -0.3 is 5.32 Å². The van der Waals surface area contributed by atoms with Crippen molar-refractivity contribution in [2.75, 3.05) is 19.6 Å². The summed E-state index contributed by atoms with van der Waals surface area (Å²) < 4.78 is 0. The Hall–Kier alpha value is -0.520. The van der Waals surface area contributed by atoms with Crippen LogP contribution < -0.4 is 5.32 Å². The van der Waals surface area contributed by atoms with Gasteiger partial charge in [-0.1, -0.05) is 19.8 Å². The van der Waals surface area contributed by atoms with Gasteiger partial charge in [-0.25, -0.2) is 0 Å². The summed E-state index contributed by atoms with van der Waals surface area (Å²) in [6.07, 6.45) is 7.82. The lowest BCUT2D eigenvalue weighted by Gasteiger charge is -2.44. The highest BCUT2D eigenvalue weighted by Crippen LogP contribution is 2.20. The van der Waals surface area contributed by atoms with Crippen LogP contribution in [0.5, 0.6) is 0 Å². The Kier molecular flexibility index (Phi) is 3.97. The van der Waals surface area contributed by atoms with E-state index in [4.69, 9.17) is 6.42 Å². The van der Waals surface area contributed by atoms with Gasteiger partial charge in [-0.15, -0.1) is 6.42 Å². The van der Waals surface area contributed by atoms with Crippen molar-refractivity contribution in [2.24, 2.45) is 0 Å². The van der Waals surface area contributed by atoms with Gasteiger partial charge in [-0.2, -0.15) is 0 Å².